The largest absolute Gasteiger partial charge is 0.502 e. The van der Waals surface area contributed by atoms with Crippen molar-refractivity contribution in [3.63, 3.8) is 0 Å². The molecule has 2 aromatic carbocycles. The Kier molecular flexibility index (Phi) is 4.42. The second kappa shape index (κ2) is 6.82. The molecule has 2 N–H and O–H groups in total. The number of hydrogen-bond donors (Lipinski definition) is 2. The van der Waals surface area contributed by atoms with E-state index in [0.717, 1.165) is 10.8 Å². The van der Waals surface area contributed by atoms with Crippen LogP contribution in [0.4, 0.5) is 5.82 Å². The quantitative estimate of drug-likeness (QED) is 0.554. The van der Waals surface area contributed by atoms with Crippen molar-refractivity contribution in [2.45, 2.75) is 0 Å². The van der Waals surface area contributed by atoms with E-state index in [1.165, 1.54) is 14.2 Å². The summed E-state index contributed by atoms with van der Waals surface area (Å²) >= 11 is 0. The van der Waals surface area contributed by atoms with Crippen molar-refractivity contribution in [2.75, 3.05) is 19.6 Å². The van der Waals surface area contributed by atoms with Crippen LogP contribution in [0.15, 0.2) is 47.7 Å². The number of rotatable bonds is 5. The van der Waals surface area contributed by atoms with Gasteiger partial charge >= 0.3 is 0 Å². The molecule has 0 aliphatic carbocycles. The van der Waals surface area contributed by atoms with Gasteiger partial charge in [-0.3, -0.25) is 5.43 Å². The molecule has 1 aromatic heterocycles. The molecule has 122 valence electrons. The third-order valence-corrected chi connectivity index (χ3v) is 3.46. The fraction of sp³-hybridized carbons (Fsp3) is 0.118. The van der Waals surface area contributed by atoms with E-state index < -0.39 is 0 Å². The molecular weight excluding hydrogens is 308 g/mol. The zero-order valence-corrected chi connectivity index (χ0v) is 13.2. The molecule has 0 bridgehead atoms. The van der Waals surface area contributed by atoms with Gasteiger partial charge in [0.05, 0.1) is 26.6 Å². The van der Waals surface area contributed by atoms with Crippen molar-refractivity contribution in [1.82, 2.24) is 10.2 Å². The van der Waals surface area contributed by atoms with Gasteiger partial charge in [-0.25, -0.2) is 0 Å². The maximum absolute atomic E-state index is 9.91. The van der Waals surface area contributed by atoms with Crippen molar-refractivity contribution < 1.29 is 14.6 Å². The van der Waals surface area contributed by atoms with Crippen molar-refractivity contribution in [3.05, 3.63) is 48.2 Å². The number of nitrogens with one attached hydrogen (secondary N) is 1. The van der Waals surface area contributed by atoms with Crippen molar-refractivity contribution >= 4 is 22.8 Å². The topological polar surface area (TPSA) is 88.9 Å². The number of anilines is 1. The summed E-state index contributed by atoms with van der Waals surface area (Å²) in [7, 11) is 2.94. The van der Waals surface area contributed by atoms with Crippen molar-refractivity contribution in [2.24, 2.45) is 5.10 Å². The average Bonchev–Trinajstić information content (AvgIpc) is 2.63. The van der Waals surface area contributed by atoms with E-state index in [0.29, 0.717) is 22.9 Å². The number of nitrogens with zero attached hydrogens (tertiary/aromatic N) is 3. The fourth-order valence-electron chi connectivity index (χ4n) is 2.27. The molecule has 7 nitrogen and oxygen atoms in total. The summed E-state index contributed by atoms with van der Waals surface area (Å²) in [4.78, 5) is 0. The van der Waals surface area contributed by atoms with Gasteiger partial charge in [0, 0.05) is 16.3 Å². The van der Waals surface area contributed by atoms with Crippen LogP contribution >= 0.6 is 0 Å². The van der Waals surface area contributed by atoms with E-state index in [4.69, 9.17) is 9.47 Å². The lowest BCUT2D eigenvalue weighted by Gasteiger charge is -2.09. The molecule has 0 aliphatic rings. The Morgan fingerprint density at radius 3 is 2.54 bits per heavy atom. The number of phenols is 1. The van der Waals surface area contributed by atoms with Crippen LogP contribution in [0.25, 0.3) is 10.8 Å². The van der Waals surface area contributed by atoms with E-state index in [2.05, 4.69) is 20.7 Å². The molecule has 0 aliphatic heterocycles. The van der Waals surface area contributed by atoms with Crippen LogP contribution in [-0.4, -0.2) is 35.7 Å². The Morgan fingerprint density at radius 2 is 1.83 bits per heavy atom. The average molecular weight is 324 g/mol. The summed E-state index contributed by atoms with van der Waals surface area (Å²) in [6.07, 6.45) is 3.27. The van der Waals surface area contributed by atoms with Crippen LogP contribution in [0.3, 0.4) is 0 Å². The summed E-state index contributed by atoms with van der Waals surface area (Å²) in [6, 6.07) is 11.1. The van der Waals surface area contributed by atoms with Crippen LogP contribution in [0.1, 0.15) is 5.56 Å². The van der Waals surface area contributed by atoms with Crippen LogP contribution in [0.2, 0.25) is 0 Å². The Morgan fingerprint density at radius 1 is 1.12 bits per heavy atom. The van der Waals surface area contributed by atoms with Gasteiger partial charge in [-0.2, -0.15) is 10.2 Å². The van der Waals surface area contributed by atoms with E-state index in [-0.39, 0.29) is 5.75 Å². The first-order chi connectivity index (χ1) is 11.7. The lowest BCUT2D eigenvalue weighted by Crippen LogP contribution is -1.97. The summed E-state index contributed by atoms with van der Waals surface area (Å²) in [6.45, 7) is 0. The monoisotopic (exact) mass is 324 g/mol. The Hall–Kier alpha value is -3.35. The molecule has 0 unspecified atom stereocenters. The predicted octanol–water partition coefficient (Wildman–Crippen LogP) is 2.80. The Labute approximate surface area is 138 Å². The number of phenolic OH excluding ortho intramolecular Hbond substituents is 1. The second-order valence-electron chi connectivity index (χ2n) is 4.92. The molecule has 0 spiro atoms. The standard InChI is InChI=1S/C17H16N4O3/c1-23-14-7-11(8-15(24-2)16(14)22)9-18-20-17-13-6-4-3-5-12(13)10-19-21-17/h3-10,22H,1-2H3,(H,20,21)/b18-9+. The molecule has 3 aromatic rings. The van der Waals surface area contributed by atoms with E-state index in [9.17, 15) is 5.11 Å². The number of benzene rings is 2. The molecule has 7 heteroatoms. The van der Waals surface area contributed by atoms with Gasteiger partial charge < -0.3 is 14.6 Å². The third-order valence-electron chi connectivity index (χ3n) is 3.46. The molecule has 3 rings (SSSR count). The van der Waals surface area contributed by atoms with Gasteiger partial charge in [-0.15, -0.1) is 5.10 Å². The minimum Gasteiger partial charge on any atom is -0.502 e. The summed E-state index contributed by atoms with van der Waals surface area (Å²) in [5.74, 6) is 1.12. The summed E-state index contributed by atoms with van der Waals surface area (Å²) in [5.41, 5.74) is 3.57. The lowest BCUT2D eigenvalue weighted by atomic mass is 10.2. The van der Waals surface area contributed by atoms with Crippen LogP contribution in [0.5, 0.6) is 17.2 Å². The van der Waals surface area contributed by atoms with E-state index in [1.807, 2.05) is 24.3 Å². The van der Waals surface area contributed by atoms with Crippen LogP contribution < -0.4 is 14.9 Å². The van der Waals surface area contributed by atoms with Gasteiger partial charge in [0.15, 0.2) is 17.3 Å². The zero-order chi connectivity index (χ0) is 16.9. The number of hydrazone groups is 1. The van der Waals surface area contributed by atoms with Crippen molar-refractivity contribution in [3.8, 4) is 17.2 Å². The summed E-state index contributed by atoms with van der Waals surface area (Å²) in [5, 5.41) is 24.0. The SMILES string of the molecule is COc1cc(/C=N/Nc2nncc3ccccc23)cc(OC)c1O. The van der Waals surface area contributed by atoms with E-state index >= 15 is 0 Å². The number of aromatic nitrogens is 2. The molecule has 0 saturated heterocycles. The molecule has 0 radical (unpaired) electrons. The number of hydrogen-bond acceptors (Lipinski definition) is 7. The predicted molar refractivity (Wildman–Crippen MR) is 92.0 cm³/mol. The first kappa shape index (κ1) is 15.5. The minimum absolute atomic E-state index is 0.0509. The van der Waals surface area contributed by atoms with Gasteiger partial charge in [0.1, 0.15) is 0 Å². The molecule has 0 saturated carbocycles. The van der Waals surface area contributed by atoms with E-state index in [1.54, 1.807) is 24.5 Å². The summed E-state index contributed by atoms with van der Waals surface area (Å²) < 4.78 is 10.2. The molecule has 24 heavy (non-hydrogen) atoms. The highest BCUT2D eigenvalue weighted by Gasteiger charge is 2.10. The molecule has 0 atom stereocenters. The van der Waals surface area contributed by atoms with Crippen molar-refractivity contribution in [1.29, 1.82) is 0 Å². The zero-order valence-electron chi connectivity index (χ0n) is 13.2. The number of ether oxygens (including phenoxy) is 2. The molecule has 0 fully saturated rings. The highest BCUT2D eigenvalue weighted by atomic mass is 16.5. The highest BCUT2D eigenvalue weighted by molar-refractivity contribution is 5.91. The maximum atomic E-state index is 9.91. The normalized spacial score (nSPS) is 10.9. The van der Waals surface area contributed by atoms with Crippen LogP contribution in [0, 0.1) is 0 Å². The lowest BCUT2D eigenvalue weighted by molar-refractivity contribution is 0.340. The van der Waals surface area contributed by atoms with Gasteiger partial charge in [-0.1, -0.05) is 24.3 Å². The number of methoxy groups -OCH3 is 2. The number of fused-ring (bicyclic) bond motifs is 1. The van der Waals surface area contributed by atoms with Crippen LogP contribution in [-0.2, 0) is 0 Å². The highest BCUT2D eigenvalue weighted by Crippen LogP contribution is 2.36. The van der Waals surface area contributed by atoms with Gasteiger partial charge in [0.25, 0.3) is 0 Å². The number of aromatic hydroxyl groups is 1. The minimum atomic E-state index is -0.0509. The van der Waals surface area contributed by atoms with Gasteiger partial charge in [0.2, 0.25) is 5.75 Å². The Bertz CT molecular complexity index is 866. The smallest absolute Gasteiger partial charge is 0.200 e. The second-order valence-corrected chi connectivity index (χ2v) is 4.92. The fourth-order valence-corrected chi connectivity index (χ4v) is 2.27. The maximum Gasteiger partial charge on any atom is 0.200 e. The molecule has 1 heterocycles. The Balaban J connectivity index is 1.86. The van der Waals surface area contributed by atoms with Gasteiger partial charge in [-0.05, 0) is 12.1 Å². The third kappa shape index (κ3) is 3.05. The first-order valence-electron chi connectivity index (χ1n) is 7.17. The molecular formula is C17H16N4O3. The molecule has 0 amide bonds. The first-order valence-corrected chi connectivity index (χ1v) is 7.17.